The van der Waals surface area contributed by atoms with Crippen LogP contribution in [-0.4, -0.2) is 49.5 Å². The normalized spacial score (nSPS) is 11.8. The number of hydrogen-bond donors (Lipinski definition) is 1. The Hall–Kier alpha value is -1.71. The quantitative estimate of drug-likeness (QED) is 0.727. The van der Waals surface area contributed by atoms with Gasteiger partial charge in [0.05, 0.1) is 12.5 Å². The third kappa shape index (κ3) is 4.88. The molecule has 9 heteroatoms. The van der Waals surface area contributed by atoms with Crippen molar-refractivity contribution in [1.29, 1.82) is 0 Å². The van der Waals surface area contributed by atoms with Gasteiger partial charge in [0.1, 0.15) is 5.69 Å². The SMILES string of the molecule is CCN(CCCNC(=O)c1csc(-c2ccco2)n1)S(C)(=O)=O. The van der Waals surface area contributed by atoms with Gasteiger partial charge in [-0.2, -0.15) is 0 Å². The molecule has 0 saturated heterocycles. The van der Waals surface area contributed by atoms with Crippen molar-refractivity contribution in [3.63, 3.8) is 0 Å². The molecule has 126 valence electrons. The van der Waals surface area contributed by atoms with E-state index in [1.807, 2.05) is 0 Å². The molecular weight excluding hydrogens is 338 g/mol. The molecule has 0 fully saturated rings. The summed E-state index contributed by atoms with van der Waals surface area (Å²) in [5.41, 5.74) is 0.330. The lowest BCUT2D eigenvalue weighted by molar-refractivity contribution is 0.0948. The summed E-state index contributed by atoms with van der Waals surface area (Å²) in [6, 6.07) is 3.54. The number of nitrogens with one attached hydrogen (secondary N) is 1. The highest BCUT2D eigenvalue weighted by Crippen LogP contribution is 2.23. The zero-order chi connectivity index (χ0) is 16.9. The summed E-state index contributed by atoms with van der Waals surface area (Å²) in [7, 11) is -3.19. The van der Waals surface area contributed by atoms with Gasteiger partial charge in [-0.3, -0.25) is 4.79 Å². The number of hydrogen-bond acceptors (Lipinski definition) is 6. The summed E-state index contributed by atoms with van der Waals surface area (Å²) in [4.78, 5) is 16.2. The van der Waals surface area contributed by atoms with Crippen LogP contribution in [0.4, 0.5) is 0 Å². The van der Waals surface area contributed by atoms with Gasteiger partial charge < -0.3 is 9.73 Å². The number of rotatable bonds is 8. The van der Waals surface area contributed by atoms with Gasteiger partial charge in [0.25, 0.3) is 5.91 Å². The second-order valence-corrected chi connectivity index (χ2v) is 7.72. The number of furan rings is 1. The Morgan fingerprint density at radius 3 is 2.87 bits per heavy atom. The van der Waals surface area contributed by atoms with Crippen LogP contribution in [0.25, 0.3) is 10.8 Å². The highest BCUT2D eigenvalue weighted by atomic mass is 32.2. The van der Waals surface area contributed by atoms with Crippen molar-refractivity contribution in [2.24, 2.45) is 0 Å². The Kier molecular flexibility index (Phi) is 5.91. The first-order valence-electron chi connectivity index (χ1n) is 7.14. The second kappa shape index (κ2) is 7.71. The molecule has 0 bridgehead atoms. The number of carbonyl (C=O) groups excluding carboxylic acids is 1. The molecule has 0 aliphatic rings. The zero-order valence-electron chi connectivity index (χ0n) is 13.0. The molecule has 0 spiro atoms. The van der Waals surface area contributed by atoms with Crippen molar-refractivity contribution >= 4 is 27.3 Å². The number of sulfonamides is 1. The van der Waals surface area contributed by atoms with Crippen molar-refractivity contribution in [3.8, 4) is 10.8 Å². The van der Waals surface area contributed by atoms with E-state index in [1.54, 1.807) is 30.7 Å². The molecule has 0 aliphatic heterocycles. The van der Waals surface area contributed by atoms with Gasteiger partial charge in [-0.1, -0.05) is 6.92 Å². The van der Waals surface area contributed by atoms with Crippen molar-refractivity contribution in [2.45, 2.75) is 13.3 Å². The van der Waals surface area contributed by atoms with Gasteiger partial charge in [-0.15, -0.1) is 11.3 Å². The summed E-state index contributed by atoms with van der Waals surface area (Å²) in [6.45, 7) is 2.97. The lowest BCUT2D eigenvalue weighted by Crippen LogP contribution is -2.33. The van der Waals surface area contributed by atoms with Crippen molar-refractivity contribution < 1.29 is 17.6 Å². The topological polar surface area (TPSA) is 92.5 Å². The lowest BCUT2D eigenvalue weighted by atomic mass is 10.4. The van der Waals surface area contributed by atoms with Crippen LogP contribution in [0.5, 0.6) is 0 Å². The highest BCUT2D eigenvalue weighted by Gasteiger charge is 2.15. The van der Waals surface area contributed by atoms with Crippen LogP contribution >= 0.6 is 11.3 Å². The highest BCUT2D eigenvalue weighted by molar-refractivity contribution is 7.88. The van der Waals surface area contributed by atoms with Crippen LogP contribution in [-0.2, 0) is 10.0 Å². The van der Waals surface area contributed by atoms with Crippen LogP contribution in [0.3, 0.4) is 0 Å². The van der Waals surface area contributed by atoms with E-state index >= 15 is 0 Å². The molecule has 2 heterocycles. The van der Waals surface area contributed by atoms with E-state index in [2.05, 4.69) is 10.3 Å². The van der Waals surface area contributed by atoms with Crippen LogP contribution < -0.4 is 5.32 Å². The van der Waals surface area contributed by atoms with Gasteiger partial charge in [0, 0.05) is 25.0 Å². The number of carbonyl (C=O) groups is 1. The van der Waals surface area contributed by atoms with Gasteiger partial charge in [-0.05, 0) is 18.6 Å². The molecule has 2 aromatic heterocycles. The van der Waals surface area contributed by atoms with Crippen molar-refractivity contribution in [1.82, 2.24) is 14.6 Å². The third-order valence-electron chi connectivity index (χ3n) is 3.16. The Labute approximate surface area is 139 Å². The molecule has 0 saturated carbocycles. The first-order chi connectivity index (χ1) is 10.9. The van der Waals surface area contributed by atoms with E-state index in [4.69, 9.17) is 4.42 Å². The van der Waals surface area contributed by atoms with E-state index in [0.717, 1.165) is 0 Å². The first-order valence-corrected chi connectivity index (χ1v) is 9.87. The van der Waals surface area contributed by atoms with Crippen LogP contribution in [0.15, 0.2) is 28.2 Å². The van der Waals surface area contributed by atoms with Crippen LogP contribution in [0.1, 0.15) is 23.8 Å². The third-order valence-corrected chi connectivity index (χ3v) is 5.40. The van der Waals surface area contributed by atoms with E-state index < -0.39 is 10.0 Å². The van der Waals surface area contributed by atoms with Gasteiger partial charge in [0.2, 0.25) is 10.0 Å². The minimum absolute atomic E-state index is 0.276. The number of amides is 1. The zero-order valence-corrected chi connectivity index (χ0v) is 14.6. The molecule has 0 unspecified atom stereocenters. The van der Waals surface area contributed by atoms with E-state index in [1.165, 1.54) is 21.9 Å². The van der Waals surface area contributed by atoms with Crippen molar-refractivity contribution in [2.75, 3.05) is 25.9 Å². The van der Waals surface area contributed by atoms with Crippen LogP contribution in [0, 0.1) is 0 Å². The van der Waals surface area contributed by atoms with Gasteiger partial charge in [-0.25, -0.2) is 17.7 Å². The van der Waals surface area contributed by atoms with E-state index in [0.29, 0.717) is 42.5 Å². The molecule has 2 aromatic rings. The molecule has 0 radical (unpaired) electrons. The molecule has 2 rings (SSSR count). The molecule has 0 atom stereocenters. The molecule has 1 N–H and O–H groups in total. The molecule has 0 aliphatic carbocycles. The molecular formula is C14H19N3O4S2. The Morgan fingerprint density at radius 2 is 2.26 bits per heavy atom. The Balaban J connectivity index is 1.81. The molecule has 1 amide bonds. The average Bonchev–Trinajstić information content (AvgIpc) is 3.16. The first kappa shape index (κ1) is 17.6. The maximum absolute atomic E-state index is 12.0. The van der Waals surface area contributed by atoms with E-state index in [-0.39, 0.29) is 5.91 Å². The smallest absolute Gasteiger partial charge is 0.270 e. The largest absolute Gasteiger partial charge is 0.462 e. The van der Waals surface area contributed by atoms with Crippen LogP contribution in [0.2, 0.25) is 0 Å². The summed E-state index contributed by atoms with van der Waals surface area (Å²) in [5.74, 6) is 0.349. The maximum atomic E-state index is 12.0. The maximum Gasteiger partial charge on any atom is 0.270 e. The van der Waals surface area contributed by atoms with E-state index in [9.17, 15) is 13.2 Å². The number of aromatic nitrogens is 1. The fraction of sp³-hybridized carbons (Fsp3) is 0.429. The lowest BCUT2D eigenvalue weighted by Gasteiger charge is -2.17. The summed E-state index contributed by atoms with van der Waals surface area (Å²) in [5, 5.41) is 5.06. The monoisotopic (exact) mass is 357 g/mol. The predicted molar refractivity (Wildman–Crippen MR) is 88.9 cm³/mol. The van der Waals surface area contributed by atoms with Crippen molar-refractivity contribution in [3.05, 3.63) is 29.5 Å². The Morgan fingerprint density at radius 1 is 1.48 bits per heavy atom. The second-order valence-electron chi connectivity index (χ2n) is 4.88. The minimum atomic E-state index is -3.19. The van der Waals surface area contributed by atoms with Gasteiger partial charge in [0.15, 0.2) is 10.8 Å². The fourth-order valence-corrected chi connectivity index (χ4v) is 3.69. The molecule has 0 aromatic carbocycles. The molecule has 23 heavy (non-hydrogen) atoms. The molecule has 7 nitrogen and oxygen atoms in total. The van der Waals surface area contributed by atoms with Gasteiger partial charge >= 0.3 is 0 Å². The Bertz CT molecular complexity index is 738. The summed E-state index contributed by atoms with van der Waals surface area (Å²) < 4.78 is 29.5. The predicted octanol–water partition coefficient (Wildman–Crippen LogP) is 1.80. The fourth-order valence-electron chi connectivity index (χ4n) is 2.00. The standard InChI is InChI=1S/C14H19N3O4S2/c1-3-17(23(2,19)20)8-5-7-15-13(18)11-10-22-14(16-11)12-6-4-9-21-12/h4,6,9-10H,3,5,7-8H2,1-2H3,(H,15,18). The minimum Gasteiger partial charge on any atom is -0.462 e. The number of thiazole rings is 1. The average molecular weight is 357 g/mol. The number of nitrogens with zero attached hydrogens (tertiary/aromatic N) is 2. The summed E-state index contributed by atoms with van der Waals surface area (Å²) in [6.07, 6.45) is 3.28. The summed E-state index contributed by atoms with van der Waals surface area (Å²) >= 11 is 1.33.